The van der Waals surface area contributed by atoms with Gasteiger partial charge in [0.25, 0.3) is 5.56 Å². The van der Waals surface area contributed by atoms with Gasteiger partial charge in [0.05, 0.1) is 31.0 Å². The molecule has 8 nitrogen and oxygen atoms in total. The Morgan fingerprint density at radius 3 is 2.72 bits per heavy atom. The molecule has 2 aromatic carbocycles. The van der Waals surface area contributed by atoms with Gasteiger partial charge in [-0.1, -0.05) is 18.2 Å². The Labute approximate surface area is 209 Å². The van der Waals surface area contributed by atoms with E-state index in [0.29, 0.717) is 44.5 Å². The summed E-state index contributed by atoms with van der Waals surface area (Å²) >= 11 is 0. The zero-order valence-electron chi connectivity index (χ0n) is 20.1. The Balaban J connectivity index is 1.26. The lowest BCUT2D eigenvalue weighted by atomic mass is 9.97. The minimum Gasteiger partial charge on any atom is -0.456 e. The number of nitrogens with zero attached hydrogens (tertiary/aromatic N) is 3. The SMILES string of the molecule is Cc1cccc(CNc2ccc3c(c2)Cc2cccc(-c4nc(N5CCOCC5)cc(=O)[nH]4)c2O3)n1. The number of aromatic nitrogens is 3. The number of aromatic amines is 1. The number of fused-ring (bicyclic) bond motifs is 2. The second-order valence-electron chi connectivity index (χ2n) is 9.07. The highest BCUT2D eigenvalue weighted by molar-refractivity contribution is 5.71. The van der Waals surface area contributed by atoms with E-state index in [1.54, 1.807) is 6.07 Å². The van der Waals surface area contributed by atoms with Crippen molar-refractivity contribution in [1.29, 1.82) is 0 Å². The van der Waals surface area contributed by atoms with Gasteiger partial charge in [0.2, 0.25) is 0 Å². The van der Waals surface area contributed by atoms with Crippen molar-refractivity contribution in [2.45, 2.75) is 19.9 Å². The van der Waals surface area contributed by atoms with Crippen LogP contribution in [-0.2, 0) is 17.7 Å². The number of morpholine rings is 1. The summed E-state index contributed by atoms with van der Waals surface area (Å²) < 4.78 is 11.8. The first-order valence-corrected chi connectivity index (χ1v) is 12.2. The van der Waals surface area contributed by atoms with Gasteiger partial charge >= 0.3 is 0 Å². The van der Waals surface area contributed by atoms with Crippen LogP contribution in [-0.4, -0.2) is 41.3 Å². The Hall–Kier alpha value is -4.17. The van der Waals surface area contributed by atoms with E-state index in [0.717, 1.165) is 51.7 Å². The molecule has 0 radical (unpaired) electrons. The van der Waals surface area contributed by atoms with Crippen LogP contribution in [0.1, 0.15) is 22.5 Å². The van der Waals surface area contributed by atoms with Gasteiger partial charge < -0.3 is 24.7 Å². The molecule has 4 aromatic rings. The topological polar surface area (TPSA) is 92.4 Å². The van der Waals surface area contributed by atoms with Crippen molar-refractivity contribution in [2.24, 2.45) is 0 Å². The molecule has 0 saturated carbocycles. The predicted octanol–water partition coefficient (Wildman–Crippen LogP) is 4.29. The van der Waals surface area contributed by atoms with E-state index in [9.17, 15) is 4.79 Å². The summed E-state index contributed by atoms with van der Waals surface area (Å²) in [5.41, 5.74) is 5.77. The lowest BCUT2D eigenvalue weighted by molar-refractivity contribution is 0.122. The molecule has 0 spiro atoms. The van der Waals surface area contributed by atoms with E-state index in [-0.39, 0.29) is 5.56 Å². The van der Waals surface area contributed by atoms with Crippen LogP contribution in [0, 0.1) is 6.92 Å². The number of ether oxygens (including phenoxy) is 2. The normalized spacial score (nSPS) is 14.5. The van der Waals surface area contributed by atoms with Crippen LogP contribution in [0.2, 0.25) is 0 Å². The number of hydrogen-bond acceptors (Lipinski definition) is 7. The number of benzene rings is 2. The lowest BCUT2D eigenvalue weighted by Crippen LogP contribution is -2.37. The van der Waals surface area contributed by atoms with Crippen molar-refractivity contribution >= 4 is 11.5 Å². The van der Waals surface area contributed by atoms with Crippen molar-refractivity contribution in [3.05, 3.63) is 93.5 Å². The number of pyridine rings is 1. The van der Waals surface area contributed by atoms with Gasteiger partial charge in [-0.05, 0) is 43.3 Å². The Kier molecular flexibility index (Phi) is 5.87. The Morgan fingerprint density at radius 1 is 1.00 bits per heavy atom. The number of H-pyrrole nitrogens is 1. The first-order chi connectivity index (χ1) is 17.6. The van der Waals surface area contributed by atoms with Crippen molar-refractivity contribution in [1.82, 2.24) is 15.0 Å². The predicted molar refractivity (Wildman–Crippen MR) is 139 cm³/mol. The van der Waals surface area contributed by atoms with Crippen LogP contribution in [0.5, 0.6) is 11.5 Å². The van der Waals surface area contributed by atoms with Crippen LogP contribution in [0.3, 0.4) is 0 Å². The molecule has 4 heterocycles. The fourth-order valence-electron chi connectivity index (χ4n) is 4.69. The summed E-state index contributed by atoms with van der Waals surface area (Å²) in [5, 5.41) is 3.46. The molecule has 182 valence electrons. The molecular formula is C28H27N5O3. The smallest absolute Gasteiger partial charge is 0.253 e. The molecule has 1 saturated heterocycles. The highest BCUT2D eigenvalue weighted by atomic mass is 16.5. The number of para-hydroxylation sites is 1. The molecule has 2 N–H and O–H groups in total. The van der Waals surface area contributed by atoms with Gasteiger partial charge in [-0.15, -0.1) is 0 Å². The molecule has 2 aliphatic rings. The minimum absolute atomic E-state index is 0.186. The van der Waals surface area contributed by atoms with E-state index in [4.69, 9.17) is 14.5 Å². The zero-order chi connectivity index (χ0) is 24.5. The standard InChI is InChI=1S/C28H27N5O3/c1-18-4-2-6-22(30-18)17-29-21-8-9-24-20(15-21)14-19-5-3-7-23(27(19)36-24)28-31-25(16-26(34)32-28)33-10-12-35-13-11-33/h2-9,15-16,29H,10-14,17H2,1H3,(H,31,32,34). The maximum atomic E-state index is 12.5. The molecule has 36 heavy (non-hydrogen) atoms. The molecule has 6 rings (SSSR count). The summed E-state index contributed by atoms with van der Waals surface area (Å²) in [5.74, 6) is 2.70. The molecule has 2 aliphatic heterocycles. The molecule has 0 amide bonds. The van der Waals surface area contributed by atoms with Crippen LogP contribution < -0.4 is 20.5 Å². The summed E-state index contributed by atoms with van der Waals surface area (Å²) in [4.78, 5) is 26.8. The van der Waals surface area contributed by atoms with E-state index >= 15 is 0 Å². The van der Waals surface area contributed by atoms with Gasteiger partial charge in [-0.25, -0.2) is 4.98 Å². The lowest BCUT2D eigenvalue weighted by Gasteiger charge is -2.28. The van der Waals surface area contributed by atoms with Gasteiger partial charge in [0, 0.05) is 48.1 Å². The first-order valence-electron chi connectivity index (χ1n) is 12.2. The molecule has 2 aromatic heterocycles. The average molecular weight is 482 g/mol. The molecule has 0 bridgehead atoms. The Bertz CT molecular complexity index is 1480. The number of rotatable bonds is 5. The fourth-order valence-corrected chi connectivity index (χ4v) is 4.69. The zero-order valence-corrected chi connectivity index (χ0v) is 20.1. The Morgan fingerprint density at radius 2 is 1.86 bits per heavy atom. The third-order valence-electron chi connectivity index (χ3n) is 6.49. The number of nitrogens with one attached hydrogen (secondary N) is 2. The number of aryl methyl sites for hydroxylation is 1. The van der Waals surface area contributed by atoms with Crippen LogP contribution in [0.25, 0.3) is 11.4 Å². The second kappa shape index (κ2) is 9.47. The fraction of sp³-hybridized carbons (Fsp3) is 0.250. The van der Waals surface area contributed by atoms with Gasteiger partial charge in [0.15, 0.2) is 0 Å². The first kappa shape index (κ1) is 22.3. The highest BCUT2D eigenvalue weighted by Crippen LogP contribution is 2.42. The van der Waals surface area contributed by atoms with E-state index in [2.05, 4.69) is 32.3 Å². The molecule has 0 atom stereocenters. The highest BCUT2D eigenvalue weighted by Gasteiger charge is 2.23. The maximum absolute atomic E-state index is 12.5. The molecule has 1 fully saturated rings. The molecular weight excluding hydrogens is 454 g/mol. The van der Waals surface area contributed by atoms with Crippen molar-refractivity contribution in [3.8, 4) is 22.9 Å². The summed E-state index contributed by atoms with van der Waals surface area (Å²) in [6.45, 7) is 5.33. The quantitative estimate of drug-likeness (QED) is 0.387. The minimum atomic E-state index is -0.186. The van der Waals surface area contributed by atoms with Crippen molar-refractivity contribution in [3.63, 3.8) is 0 Å². The van der Waals surface area contributed by atoms with Crippen molar-refractivity contribution < 1.29 is 9.47 Å². The maximum Gasteiger partial charge on any atom is 0.253 e. The van der Waals surface area contributed by atoms with Crippen LogP contribution >= 0.6 is 0 Å². The van der Waals surface area contributed by atoms with Gasteiger partial charge in [0.1, 0.15) is 23.1 Å². The number of anilines is 2. The van der Waals surface area contributed by atoms with Crippen LogP contribution in [0.4, 0.5) is 11.5 Å². The van der Waals surface area contributed by atoms with Crippen LogP contribution in [0.15, 0.2) is 65.5 Å². The van der Waals surface area contributed by atoms with E-state index in [1.807, 2.05) is 49.4 Å². The number of hydrogen-bond donors (Lipinski definition) is 2. The average Bonchev–Trinajstić information content (AvgIpc) is 2.90. The summed E-state index contributed by atoms with van der Waals surface area (Å²) in [6, 6.07) is 19.7. The second-order valence-corrected chi connectivity index (χ2v) is 9.07. The third-order valence-corrected chi connectivity index (χ3v) is 6.49. The van der Waals surface area contributed by atoms with Gasteiger partial charge in [-0.2, -0.15) is 0 Å². The summed E-state index contributed by atoms with van der Waals surface area (Å²) in [6.07, 6.45) is 0.726. The molecule has 8 heteroatoms. The van der Waals surface area contributed by atoms with E-state index in [1.165, 1.54) is 0 Å². The molecule has 0 unspecified atom stereocenters. The monoisotopic (exact) mass is 481 g/mol. The van der Waals surface area contributed by atoms with Crippen molar-refractivity contribution in [2.75, 3.05) is 36.5 Å². The largest absolute Gasteiger partial charge is 0.456 e. The molecule has 0 aliphatic carbocycles. The van der Waals surface area contributed by atoms with Gasteiger partial charge in [-0.3, -0.25) is 9.78 Å². The summed E-state index contributed by atoms with van der Waals surface area (Å²) in [7, 11) is 0. The van der Waals surface area contributed by atoms with E-state index < -0.39 is 0 Å². The third kappa shape index (κ3) is 4.55.